The molecule has 2 aromatic rings. The van der Waals surface area contributed by atoms with E-state index >= 15 is 0 Å². The average molecular weight is 485 g/mol. The Labute approximate surface area is 204 Å². The van der Waals surface area contributed by atoms with Gasteiger partial charge in [0, 0.05) is 36.5 Å². The van der Waals surface area contributed by atoms with Crippen molar-refractivity contribution < 1.29 is 24.2 Å². The summed E-state index contributed by atoms with van der Waals surface area (Å²) in [5, 5.41) is 14.9. The molecule has 8 heteroatoms. The van der Waals surface area contributed by atoms with Crippen LogP contribution in [0.2, 0.25) is 5.02 Å². The summed E-state index contributed by atoms with van der Waals surface area (Å²) in [5.41, 5.74) is 0.493. The number of halogens is 1. The normalized spacial score (nSPS) is 23.1. The second kappa shape index (κ2) is 9.12. The van der Waals surface area contributed by atoms with E-state index in [4.69, 9.17) is 21.1 Å². The third-order valence-corrected chi connectivity index (χ3v) is 7.61. The third kappa shape index (κ3) is 4.72. The number of rotatable bonds is 6. The molecule has 1 unspecified atom stereocenters. The molecule has 0 bridgehead atoms. The summed E-state index contributed by atoms with van der Waals surface area (Å²) in [6.07, 6.45) is 3.70. The van der Waals surface area contributed by atoms with Crippen molar-refractivity contribution in [3.8, 4) is 11.5 Å². The maximum Gasteiger partial charge on any atom is 0.231 e. The first-order chi connectivity index (χ1) is 16.3. The Hall–Kier alpha value is -2.77. The molecule has 2 fully saturated rings. The van der Waals surface area contributed by atoms with Crippen LogP contribution < -0.4 is 14.8 Å². The highest BCUT2D eigenvalue weighted by molar-refractivity contribution is 6.30. The van der Waals surface area contributed by atoms with E-state index in [9.17, 15) is 14.7 Å². The lowest BCUT2D eigenvalue weighted by Crippen LogP contribution is -2.47. The predicted octanol–water partition coefficient (Wildman–Crippen LogP) is 3.55. The van der Waals surface area contributed by atoms with Gasteiger partial charge in [-0.1, -0.05) is 29.8 Å². The molecule has 7 nitrogen and oxygen atoms in total. The lowest BCUT2D eigenvalue weighted by atomic mass is 9.83. The number of carbonyl (C=O) groups is 2. The van der Waals surface area contributed by atoms with Crippen LogP contribution in [0.5, 0.6) is 11.5 Å². The van der Waals surface area contributed by atoms with Gasteiger partial charge in [0.2, 0.25) is 18.6 Å². The van der Waals surface area contributed by atoms with Crippen LogP contribution in [0, 0.1) is 0 Å². The molecule has 2 amide bonds. The molecule has 180 valence electrons. The fraction of sp³-hybridized carbons (Fsp3) is 0.462. The predicted molar refractivity (Wildman–Crippen MR) is 127 cm³/mol. The Morgan fingerprint density at radius 1 is 1.06 bits per heavy atom. The summed E-state index contributed by atoms with van der Waals surface area (Å²) < 4.78 is 10.9. The Morgan fingerprint density at radius 2 is 1.79 bits per heavy atom. The number of benzene rings is 2. The molecule has 0 saturated carbocycles. The van der Waals surface area contributed by atoms with Gasteiger partial charge < -0.3 is 24.8 Å². The summed E-state index contributed by atoms with van der Waals surface area (Å²) in [6.45, 7) is 1.22. The van der Waals surface area contributed by atoms with E-state index in [2.05, 4.69) is 5.32 Å². The zero-order chi connectivity index (χ0) is 23.8. The van der Waals surface area contributed by atoms with Gasteiger partial charge in [0.05, 0.1) is 5.60 Å². The van der Waals surface area contributed by atoms with Crippen LogP contribution in [0.3, 0.4) is 0 Å². The molecule has 2 aromatic carbocycles. The second-order valence-corrected chi connectivity index (χ2v) is 10.0. The van der Waals surface area contributed by atoms with Gasteiger partial charge in [0.15, 0.2) is 11.5 Å². The summed E-state index contributed by atoms with van der Waals surface area (Å²) in [7, 11) is 0. The number of fused-ring (bicyclic) bond motifs is 1. The number of nitrogens with one attached hydrogen (secondary N) is 1. The first-order valence-corrected chi connectivity index (χ1v) is 12.2. The minimum atomic E-state index is -0.943. The molecular weight excluding hydrogens is 456 g/mol. The number of aliphatic hydroxyl groups is 1. The molecule has 3 aliphatic heterocycles. The average Bonchev–Trinajstić information content (AvgIpc) is 3.44. The van der Waals surface area contributed by atoms with E-state index < -0.39 is 11.1 Å². The largest absolute Gasteiger partial charge is 0.454 e. The number of hydrogen-bond acceptors (Lipinski definition) is 5. The van der Waals surface area contributed by atoms with Crippen molar-refractivity contribution in [2.75, 3.05) is 19.9 Å². The van der Waals surface area contributed by atoms with E-state index in [1.807, 2.05) is 35.2 Å². The van der Waals surface area contributed by atoms with Crippen LogP contribution in [0.4, 0.5) is 0 Å². The quantitative estimate of drug-likeness (QED) is 0.654. The van der Waals surface area contributed by atoms with Gasteiger partial charge in [-0.25, -0.2) is 0 Å². The first kappa shape index (κ1) is 23.0. The third-order valence-electron chi connectivity index (χ3n) is 7.36. The highest BCUT2D eigenvalue weighted by Gasteiger charge is 2.40. The van der Waals surface area contributed by atoms with Crippen LogP contribution >= 0.6 is 11.6 Å². The second-order valence-electron chi connectivity index (χ2n) is 9.61. The number of nitrogens with zero attached hydrogens (tertiary/aromatic N) is 1. The van der Waals surface area contributed by atoms with Gasteiger partial charge in [-0.3, -0.25) is 9.59 Å². The molecule has 0 aliphatic carbocycles. The van der Waals surface area contributed by atoms with Crippen molar-refractivity contribution in [1.82, 2.24) is 10.2 Å². The standard InChI is InChI=1S/C26H29ClN2O5/c27-20-4-2-19(3-5-20)26(32)11-13-29(14-12-26)24(31)8-10-25(9-7-23(30)28-25)16-18-1-6-21-22(15-18)34-17-33-21/h1-6,15,32H,7-14,16-17H2,(H,28,30). The van der Waals surface area contributed by atoms with E-state index in [0.29, 0.717) is 63.1 Å². The zero-order valence-corrected chi connectivity index (χ0v) is 19.8. The van der Waals surface area contributed by atoms with Gasteiger partial charge in [0.1, 0.15) is 0 Å². The zero-order valence-electron chi connectivity index (χ0n) is 19.0. The molecule has 3 heterocycles. The molecule has 0 aromatic heterocycles. The van der Waals surface area contributed by atoms with Crippen molar-refractivity contribution in [3.05, 3.63) is 58.6 Å². The number of hydrogen-bond donors (Lipinski definition) is 2. The van der Waals surface area contributed by atoms with Crippen molar-refractivity contribution >= 4 is 23.4 Å². The van der Waals surface area contributed by atoms with Crippen LogP contribution in [-0.2, 0) is 21.6 Å². The van der Waals surface area contributed by atoms with Crippen molar-refractivity contribution in [2.45, 2.75) is 56.1 Å². The van der Waals surface area contributed by atoms with Crippen LogP contribution in [0.15, 0.2) is 42.5 Å². The highest BCUT2D eigenvalue weighted by Crippen LogP contribution is 2.37. The number of amides is 2. The Balaban J connectivity index is 1.20. The fourth-order valence-electron chi connectivity index (χ4n) is 5.30. The van der Waals surface area contributed by atoms with Gasteiger partial charge in [-0.15, -0.1) is 0 Å². The number of likely N-dealkylation sites (tertiary alicyclic amines) is 1. The molecule has 3 aliphatic rings. The van der Waals surface area contributed by atoms with E-state index in [1.54, 1.807) is 12.1 Å². The minimum Gasteiger partial charge on any atom is -0.454 e. The molecule has 5 rings (SSSR count). The Morgan fingerprint density at radius 3 is 2.50 bits per heavy atom. The molecule has 2 N–H and O–H groups in total. The SMILES string of the molecule is O=C1CCC(CCC(=O)N2CCC(O)(c3ccc(Cl)cc3)CC2)(Cc2ccc3c(c2)OCO3)N1. The number of ether oxygens (including phenoxy) is 2. The fourth-order valence-corrected chi connectivity index (χ4v) is 5.43. The number of carbonyl (C=O) groups excluding carboxylic acids is 2. The smallest absolute Gasteiger partial charge is 0.231 e. The Bertz CT molecular complexity index is 1080. The first-order valence-electron chi connectivity index (χ1n) is 11.8. The summed E-state index contributed by atoms with van der Waals surface area (Å²) in [5.74, 6) is 1.53. The minimum absolute atomic E-state index is 0.0270. The number of piperidine rings is 1. The Kier molecular flexibility index (Phi) is 6.16. The topological polar surface area (TPSA) is 88.1 Å². The molecular formula is C26H29ClN2O5. The van der Waals surface area contributed by atoms with Crippen molar-refractivity contribution in [3.63, 3.8) is 0 Å². The molecule has 0 spiro atoms. The van der Waals surface area contributed by atoms with Gasteiger partial charge in [-0.05, 0) is 67.5 Å². The highest BCUT2D eigenvalue weighted by atomic mass is 35.5. The van der Waals surface area contributed by atoms with Gasteiger partial charge >= 0.3 is 0 Å². The van der Waals surface area contributed by atoms with Crippen LogP contribution in [-0.4, -0.2) is 47.2 Å². The van der Waals surface area contributed by atoms with Crippen LogP contribution in [0.1, 0.15) is 49.7 Å². The van der Waals surface area contributed by atoms with Crippen LogP contribution in [0.25, 0.3) is 0 Å². The van der Waals surface area contributed by atoms with Crippen molar-refractivity contribution in [2.24, 2.45) is 0 Å². The lowest BCUT2D eigenvalue weighted by molar-refractivity contribution is -0.136. The maximum atomic E-state index is 13.1. The molecule has 2 saturated heterocycles. The lowest BCUT2D eigenvalue weighted by Gasteiger charge is -2.39. The monoisotopic (exact) mass is 484 g/mol. The summed E-state index contributed by atoms with van der Waals surface area (Å²) >= 11 is 5.97. The molecule has 0 radical (unpaired) electrons. The van der Waals surface area contributed by atoms with Gasteiger partial charge in [0.25, 0.3) is 0 Å². The van der Waals surface area contributed by atoms with Crippen molar-refractivity contribution in [1.29, 1.82) is 0 Å². The van der Waals surface area contributed by atoms with Gasteiger partial charge in [-0.2, -0.15) is 0 Å². The molecule has 34 heavy (non-hydrogen) atoms. The molecule has 1 atom stereocenters. The van der Waals surface area contributed by atoms with E-state index in [-0.39, 0.29) is 18.6 Å². The summed E-state index contributed by atoms with van der Waals surface area (Å²) in [4.78, 5) is 27.0. The summed E-state index contributed by atoms with van der Waals surface area (Å²) in [6, 6.07) is 13.1. The van der Waals surface area contributed by atoms with E-state index in [0.717, 1.165) is 22.6 Å². The maximum absolute atomic E-state index is 13.1. The van der Waals surface area contributed by atoms with E-state index in [1.165, 1.54) is 0 Å².